The van der Waals surface area contributed by atoms with Crippen molar-refractivity contribution in [1.82, 2.24) is 25.1 Å². The van der Waals surface area contributed by atoms with Gasteiger partial charge < -0.3 is 4.90 Å². The number of piperidine rings is 1. The average Bonchev–Trinajstić information content (AvgIpc) is 3.24. The number of aryl methyl sites for hydroxylation is 2. The van der Waals surface area contributed by atoms with Gasteiger partial charge in [-0.25, -0.2) is 9.97 Å². The molecule has 0 amide bonds. The molecule has 5 nitrogen and oxygen atoms in total. The number of fused-ring (bicyclic) bond motifs is 4. The van der Waals surface area contributed by atoms with Gasteiger partial charge in [-0.05, 0) is 63.6 Å². The summed E-state index contributed by atoms with van der Waals surface area (Å²) in [5, 5.41) is 7.24. The van der Waals surface area contributed by atoms with Crippen molar-refractivity contribution < 1.29 is 0 Å². The second-order valence-electron chi connectivity index (χ2n) is 8.36. The number of aromatic amines is 1. The monoisotopic (exact) mass is 385 g/mol. The summed E-state index contributed by atoms with van der Waals surface area (Å²) in [6.45, 7) is 10.9. The van der Waals surface area contributed by atoms with E-state index in [0.29, 0.717) is 6.04 Å². The van der Waals surface area contributed by atoms with Crippen molar-refractivity contribution in [2.75, 3.05) is 0 Å². The normalized spacial score (nSPS) is 20.4. The Morgan fingerprint density at radius 1 is 1.14 bits per heavy atom. The van der Waals surface area contributed by atoms with Crippen LogP contribution in [0.25, 0.3) is 17.1 Å². The predicted octanol–water partition coefficient (Wildman–Crippen LogP) is 4.91. The summed E-state index contributed by atoms with van der Waals surface area (Å²) in [7, 11) is 0. The number of hydrogen-bond acceptors (Lipinski definition) is 4. The number of nitrogens with zero attached hydrogens (tertiary/aromatic N) is 4. The number of aromatic nitrogens is 4. The highest BCUT2D eigenvalue weighted by Gasteiger charge is 2.41. The topological polar surface area (TPSA) is 57.7 Å². The minimum Gasteiger partial charge on any atom is -0.360 e. The molecule has 2 bridgehead atoms. The van der Waals surface area contributed by atoms with E-state index in [0.717, 1.165) is 35.8 Å². The van der Waals surface area contributed by atoms with Crippen LogP contribution in [0.1, 0.15) is 59.1 Å². The van der Waals surface area contributed by atoms with Gasteiger partial charge in [0.1, 0.15) is 5.82 Å². The third kappa shape index (κ3) is 2.87. The van der Waals surface area contributed by atoms with Crippen LogP contribution in [-0.2, 0) is 6.42 Å². The summed E-state index contributed by atoms with van der Waals surface area (Å²) in [4.78, 5) is 12.3. The zero-order chi connectivity index (χ0) is 20.1. The molecule has 2 aliphatic heterocycles. The SMILES string of the molecule is C=C(c1cccc(C)c1C)N1C2CCCC1c1nc(C)nc(-c3ccn[nH]3)c1C2. The first-order chi connectivity index (χ1) is 14.0. The van der Waals surface area contributed by atoms with Crippen LogP contribution in [0.2, 0.25) is 0 Å². The summed E-state index contributed by atoms with van der Waals surface area (Å²) in [6, 6.07) is 9.20. The molecule has 1 N–H and O–H groups in total. The van der Waals surface area contributed by atoms with Crippen molar-refractivity contribution in [3.05, 3.63) is 70.8 Å². The molecule has 1 aromatic carbocycles. The minimum atomic E-state index is 0.258. The number of H-pyrrole nitrogens is 1. The van der Waals surface area contributed by atoms with Crippen molar-refractivity contribution in [1.29, 1.82) is 0 Å². The van der Waals surface area contributed by atoms with E-state index in [2.05, 4.69) is 53.7 Å². The molecule has 2 unspecified atom stereocenters. The summed E-state index contributed by atoms with van der Waals surface area (Å²) >= 11 is 0. The Bertz CT molecular complexity index is 1080. The smallest absolute Gasteiger partial charge is 0.126 e. The summed E-state index contributed by atoms with van der Waals surface area (Å²) in [6.07, 6.45) is 6.25. The molecule has 4 heterocycles. The van der Waals surface area contributed by atoms with E-state index in [9.17, 15) is 0 Å². The van der Waals surface area contributed by atoms with Crippen LogP contribution in [0.4, 0.5) is 0 Å². The van der Waals surface area contributed by atoms with Crippen molar-refractivity contribution in [3.63, 3.8) is 0 Å². The summed E-state index contributed by atoms with van der Waals surface area (Å²) < 4.78 is 0. The van der Waals surface area contributed by atoms with Crippen LogP contribution in [-0.4, -0.2) is 31.1 Å². The lowest BCUT2D eigenvalue weighted by atomic mass is 9.80. The fourth-order valence-electron chi connectivity index (χ4n) is 5.10. The molecule has 1 fully saturated rings. The standard InChI is InChI=1S/C24H27N5/c1-14-7-5-9-19(15(14)2)16(3)29-18-8-6-10-22(29)24-20(13-18)23(26-17(4)27-24)21-11-12-25-28-21/h5,7,9,11-12,18,22H,3,6,8,10,13H2,1-2,4H3,(H,25,28). The molecular formula is C24H27N5. The quantitative estimate of drug-likeness (QED) is 0.696. The highest BCUT2D eigenvalue weighted by molar-refractivity contribution is 5.68. The van der Waals surface area contributed by atoms with Crippen LogP contribution in [0.5, 0.6) is 0 Å². The average molecular weight is 386 g/mol. The fourth-order valence-corrected chi connectivity index (χ4v) is 5.10. The second kappa shape index (κ2) is 6.83. The van der Waals surface area contributed by atoms with Crippen LogP contribution in [0.15, 0.2) is 37.0 Å². The van der Waals surface area contributed by atoms with Crippen LogP contribution < -0.4 is 0 Å². The first-order valence-electron chi connectivity index (χ1n) is 10.5. The Morgan fingerprint density at radius 2 is 2.00 bits per heavy atom. The van der Waals surface area contributed by atoms with Gasteiger partial charge in [0.15, 0.2) is 0 Å². The van der Waals surface area contributed by atoms with Crippen LogP contribution in [0.3, 0.4) is 0 Å². The van der Waals surface area contributed by atoms with Crippen LogP contribution in [0, 0.1) is 20.8 Å². The van der Waals surface area contributed by atoms with Crippen LogP contribution >= 0.6 is 0 Å². The molecule has 1 saturated heterocycles. The van der Waals surface area contributed by atoms with Gasteiger partial charge in [-0.2, -0.15) is 5.10 Å². The fraction of sp³-hybridized carbons (Fsp3) is 0.375. The van der Waals surface area contributed by atoms with E-state index >= 15 is 0 Å². The van der Waals surface area contributed by atoms with E-state index in [4.69, 9.17) is 9.97 Å². The summed E-state index contributed by atoms with van der Waals surface area (Å²) in [5.74, 6) is 0.815. The highest BCUT2D eigenvalue weighted by Crippen LogP contribution is 2.47. The largest absolute Gasteiger partial charge is 0.360 e. The lowest BCUT2D eigenvalue weighted by Crippen LogP contribution is -2.46. The van der Waals surface area contributed by atoms with Gasteiger partial charge in [0.2, 0.25) is 0 Å². The van der Waals surface area contributed by atoms with E-state index in [1.54, 1.807) is 6.20 Å². The van der Waals surface area contributed by atoms with Gasteiger partial charge in [0.05, 0.1) is 23.1 Å². The molecule has 3 aromatic rings. The molecule has 0 saturated carbocycles. The zero-order valence-corrected chi connectivity index (χ0v) is 17.4. The van der Waals surface area contributed by atoms with Gasteiger partial charge in [0, 0.05) is 29.1 Å². The molecule has 5 heteroatoms. The maximum atomic E-state index is 4.94. The zero-order valence-electron chi connectivity index (χ0n) is 17.4. The molecule has 2 aliphatic rings. The highest BCUT2D eigenvalue weighted by atomic mass is 15.2. The molecule has 0 radical (unpaired) electrons. The Labute approximate surface area is 171 Å². The van der Waals surface area contributed by atoms with Crippen molar-refractivity contribution in [3.8, 4) is 11.4 Å². The Kier molecular flexibility index (Phi) is 4.26. The third-order valence-corrected chi connectivity index (χ3v) is 6.63. The van der Waals surface area contributed by atoms with Gasteiger partial charge in [-0.3, -0.25) is 5.10 Å². The van der Waals surface area contributed by atoms with Gasteiger partial charge >= 0.3 is 0 Å². The molecule has 0 aliphatic carbocycles. The molecule has 29 heavy (non-hydrogen) atoms. The van der Waals surface area contributed by atoms with E-state index in [-0.39, 0.29) is 6.04 Å². The maximum Gasteiger partial charge on any atom is 0.126 e. The van der Waals surface area contributed by atoms with Crippen molar-refractivity contribution in [2.45, 2.75) is 58.5 Å². The Balaban J connectivity index is 1.62. The second-order valence-corrected chi connectivity index (χ2v) is 8.36. The molecule has 5 rings (SSSR count). The van der Waals surface area contributed by atoms with E-state index in [1.807, 2.05) is 13.0 Å². The Hall–Kier alpha value is -2.95. The number of rotatable bonds is 3. The predicted molar refractivity (Wildman–Crippen MR) is 115 cm³/mol. The molecule has 0 spiro atoms. The Morgan fingerprint density at radius 3 is 2.79 bits per heavy atom. The van der Waals surface area contributed by atoms with Crippen molar-refractivity contribution in [2.24, 2.45) is 0 Å². The molecule has 2 aromatic heterocycles. The number of nitrogens with one attached hydrogen (secondary N) is 1. The lowest BCUT2D eigenvalue weighted by molar-refractivity contribution is 0.133. The van der Waals surface area contributed by atoms with Gasteiger partial charge in [-0.15, -0.1) is 0 Å². The van der Waals surface area contributed by atoms with E-state index in [1.165, 1.54) is 40.8 Å². The number of benzene rings is 1. The van der Waals surface area contributed by atoms with Crippen molar-refractivity contribution >= 4 is 5.70 Å². The summed E-state index contributed by atoms with van der Waals surface area (Å²) in [5.41, 5.74) is 9.45. The first kappa shape index (κ1) is 18.1. The van der Waals surface area contributed by atoms with E-state index < -0.39 is 0 Å². The third-order valence-electron chi connectivity index (χ3n) is 6.63. The number of hydrogen-bond donors (Lipinski definition) is 1. The maximum absolute atomic E-state index is 4.94. The van der Waals surface area contributed by atoms with Gasteiger partial charge in [0.25, 0.3) is 0 Å². The molecule has 2 atom stereocenters. The minimum absolute atomic E-state index is 0.258. The first-order valence-corrected chi connectivity index (χ1v) is 10.5. The molecule has 148 valence electrons. The molecular weight excluding hydrogens is 358 g/mol. The van der Waals surface area contributed by atoms with Gasteiger partial charge in [-0.1, -0.05) is 24.8 Å². The lowest BCUT2D eigenvalue weighted by Gasteiger charge is -2.49.